The summed E-state index contributed by atoms with van der Waals surface area (Å²) in [7, 11) is 0. The molecule has 1 heterocycles. The van der Waals surface area contributed by atoms with Crippen molar-refractivity contribution >= 4 is 39.3 Å². The molecule has 0 unspecified atom stereocenters. The number of carbonyl (C=O) groups is 1. The average Bonchev–Trinajstić information content (AvgIpc) is 2.34. The zero-order valence-corrected chi connectivity index (χ0v) is 11.9. The second-order valence-electron chi connectivity index (χ2n) is 3.65. The van der Waals surface area contributed by atoms with Crippen molar-refractivity contribution < 1.29 is 9.53 Å². The van der Waals surface area contributed by atoms with E-state index in [0.717, 1.165) is 0 Å². The first-order chi connectivity index (χ1) is 8.97. The van der Waals surface area contributed by atoms with Crippen LogP contribution in [-0.4, -0.2) is 10.9 Å². The lowest BCUT2D eigenvalue weighted by Crippen LogP contribution is -2.13. The molecule has 1 aromatic carbocycles. The maximum Gasteiger partial charge on any atom is 0.252 e. The van der Waals surface area contributed by atoms with Gasteiger partial charge in [-0.2, -0.15) is 0 Å². The lowest BCUT2D eigenvalue weighted by Gasteiger charge is -2.10. The van der Waals surface area contributed by atoms with E-state index in [0.29, 0.717) is 15.2 Å². The summed E-state index contributed by atoms with van der Waals surface area (Å²) in [5.41, 5.74) is 10.9. The number of nitrogens with two attached hydrogens (primary N) is 2. The summed E-state index contributed by atoms with van der Waals surface area (Å²) in [4.78, 5) is 15.2. The largest absolute Gasteiger partial charge is 0.454 e. The molecule has 1 aromatic heterocycles. The molecule has 0 radical (unpaired) electrons. The molecular weight excluding hydrogens is 334 g/mol. The summed E-state index contributed by atoms with van der Waals surface area (Å²) in [5.74, 6) is 0.258. The van der Waals surface area contributed by atoms with Gasteiger partial charge in [-0.15, -0.1) is 0 Å². The first-order valence-electron chi connectivity index (χ1n) is 5.15. The Kier molecular flexibility index (Phi) is 3.92. The highest BCUT2D eigenvalue weighted by Gasteiger charge is 2.13. The lowest BCUT2D eigenvalue weighted by molar-refractivity contribution is 0.0998. The molecule has 0 fully saturated rings. The first kappa shape index (κ1) is 13.6. The number of pyridine rings is 1. The summed E-state index contributed by atoms with van der Waals surface area (Å²) in [6.07, 6.45) is 1.34. The van der Waals surface area contributed by atoms with Crippen LogP contribution in [0.5, 0.6) is 11.5 Å². The van der Waals surface area contributed by atoms with Gasteiger partial charge in [-0.05, 0) is 40.2 Å². The fraction of sp³-hybridized carbons (Fsp3) is 0. The molecule has 98 valence electrons. The second kappa shape index (κ2) is 5.46. The molecule has 7 heteroatoms. The smallest absolute Gasteiger partial charge is 0.252 e. The van der Waals surface area contributed by atoms with Gasteiger partial charge in [0.15, 0.2) is 5.75 Å². The summed E-state index contributed by atoms with van der Waals surface area (Å²) >= 11 is 9.14. The Morgan fingerprint density at radius 2 is 2.05 bits per heavy atom. The molecule has 2 rings (SSSR count). The van der Waals surface area contributed by atoms with Gasteiger partial charge in [0, 0.05) is 5.02 Å². The summed E-state index contributed by atoms with van der Waals surface area (Å²) in [5, 5.41) is 0.560. The molecule has 0 spiro atoms. The van der Waals surface area contributed by atoms with E-state index >= 15 is 0 Å². The van der Waals surface area contributed by atoms with Crippen LogP contribution in [0.25, 0.3) is 0 Å². The second-order valence-corrected chi connectivity index (χ2v) is 4.94. The predicted octanol–water partition coefficient (Wildman–Crippen LogP) is 2.97. The zero-order valence-electron chi connectivity index (χ0n) is 9.56. The van der Waals surface area contributed by atoms with E-state index in [1.165, 1.54) is 12.3 Å². The van der Waals surface area contributed by atoms with Crippen LogP contribution in [0.2, 0.25) is 5.02 Å². The molecule has 5 nitrogen and oxygen atoms in total. The van der Waals surface area contributed by atoms with Gasteiger partial charge in [0.1, 0.15) is 11.6 Å². The molecular formula is C12H9BrClN3O2. The van der Waals surface area contributed by atoms with Gasteiger partial charge in [0.05, 0.1) is 16.2 Å². The van der Waals surface area contributed by atoms with Gasteiger partial charge >= 0.3 is 0 Å². The Labute approximate surface area is 122 Å². The van der Waals surface area contributed by atoms with Crippen molar-refractivity contribution in [3.05, 3.63) is 45.5 Å². The summed E-state index contributed by atoms with van der Waals surface area (Å²) in [6, 6.07) is 6.36. The van der Waals surface area contributed by atoms with Gasteiger partial charge in [0.25, 0.3) is 5.91 Å². The molecule has 0 saturated heterocycles. The third kappa shape index (κ3) is 3.15. The zero-order chi connectivity index (χ0) is 14.0. The van der Waals surface area contributed by atoms with Crippen LogP contribution in [0.3, 0.4) is 0 Å². The Balaban J connectivity index is 2.40. The molecule has 0 saturated carbocycles. The molecule has 0 aliphatic rings. The predicted molar refractivity (Wildman–Crippen MR) is 76.4 cm³/mol. The Morgan fingerprint density at radius 1 is 1.32 bits per heavy atom. The number of ether oxygens (including phenoxy) is 1. The van der Waals surface area contributed by atoms with Gasteiger partial charge in [-0.1, -0.05) is 11.6 Å². The molecule has 19 heavy (non-hydrogen) atoms. The number of hydrogen-bond donors (Lipinski definition) is 2. The van der Waals surface area contributed by atoms with E-state index in [4.69, 9.17) is 27.8 Å². The van der Waals surface area contributed by atoms with E-state index in [9.17, 15) is 4.79 Å². The Hall–Kier alpha value is -1.79. The topological polar surface area (TPSA) is 91.2 Å². The quantitative estimate of drug-likeness (QED) is 0.897. The minimum absolute atomic E-state index is 0.161. The van der Waals surface area contributed by atoms with E-state index in [-0.39, 0.29) is 17.1 Å². The Bertz CT molecular complexity index is 649. The van der Waals surface area contributed by atoms with Crippen molar-refractivity contribution in [2.75, 3.05) is 5.73 Å². The normalized spacial score (nSPS) is 10.2. The summed E-state index contributed by atoms with van der Waals surface area (Å²) in [6.45, 7) is 0. The third-order valence-corrected chi connectivity index (χ3v) is 3.12. The van der Waals surface area contributed by atoms with Gasteiger partial charge in [-0.3, -0.25) is 4.79 Å². The number of nitrogen functional groups attached to an aromatic ring is 1. The van der Waals surface area contributed by atoms with Gasteiger partial charge in [0.2, 0.25) is 0 Å². The van der Waals surface area contributed by atoms with Crippen LogP contribution in [0.1, 0.15) is 10.4 Å². The molecule has 2 aromatic rings. The average molecular weight is 343 g/mol. The molecule has 0 bridgehead atoms. The number of primary amides is 1. The minimum Gasteiger partial charge on any atom is -0.454 e. The van der Waals surface area contributed by atoms with Crippen LogP contribution in [0, 0.1) is 0 Å². The van der Waals surface area contributed by atoms with Gasteiger partial charge in [-0.25, -0.2) is 4.98 Å². The maximum absolute atomic E-state index is 11.3. The Morgan fingerprint density at radius 3 is 2.68 bits per heavy atom. The van der Waals surface area contributed by atoms with Crippen LogP contribution >= 0.6 is 27.5 Å². The van der Waals surface area contributed by atoms with Crippen LogP contribution in [-0.2, 0) is 0 Å². The van der Waals surface area contributed by atoms with Crippen molar-refractivity contribution in [2.24, 2.45) is 5.73 Å². The van der Waals surface area contributed by atoms with Crippen molar-refractivity contribution in [1.82, 2.24) is 4.98 Å². The first-order valence-corrected chi connectivity index (χ1v) is 6.32. The number of nitrogens with zero attached hydrogens (tertiary/aromatic N) is 1. The van der Waals surface area contributed by atoms with Crippen LogP contribution in [0.15, 0.2) is 34.9 Å². The standard InChI is InChI=1S/C12H9BrClN3O2/c13-8-3-6(14)1-2-9(8)19-10-5-17-11(15)4-7(10)12(16)18/h1-5H,(H2,15,17)(H2,16,18). The third-order valence-electron chi connectivity index (χ3n) is 2.27. The number of carbonyl (C=O) groups excluding carboxylic acids is 1. The molecule has 4 N–H and O–H groups in total. The number of halogens is 2. The lowest BCUT2D eigenvalue weighted by atomic mass is 10.2. The molecule has 0 aliphatic carbocycles. The highest BCUT2D eigenvalue weighted by Crippen LogP contribution is 2.33. The number of amides is 1. The number of aromatic nitrogens is 1. The SMILES string of the molecule is NC(=O)c1cc(N)ncc1Oc1ccc(Cl)cc1Br. The van der Waals surface area contributed by atoms with E-state index in [1.807, 2.05) is 0 Å². The number of hydrogen-bond acceptors (Lipinski definition) is 4. The van der Waals surface area contributed by atoms with E-state index in [2.05, 4.69) is 20.9 Å². The van der Waals surface area contributed by atoms with Crippen molar-refractivity contribution in [2.45, 2.75) is 0 Å². The summed E-state index contributed by atoms with van der Waals surface area (Å²) < 4.78 is 6.23. The van der Waals surface area contributed by atoms with E-state index in [1.54, 1.807) is 18.2 Å². The molecule has 0 aliphatic heterocycles. The van der Waals surface area contributed by atoms with Gasteiger partial charge < -0.3 is 16.2 Å². The maximum atomic E-state index is 11.3. The number of rotatable bonds is 3. The fourth-order valence-corrected chi connectivity index (χ4v) is 2.17. The highest BCUT2D eigenvalue weighted by molar-refractivity contribution is 9.10. The number of benzene rings is 1. The number of anilines is 1. The van der Waals surface area contributed by atoms with Crippen molar-refractivity contribution in [3.63, 3.8) is 0 Å². The highest BCUT2D eigenvalue weighted by atomic mass is 79.9. The molecule has 1 amide bonds. The van der Waals surface area contributed by atoms with Crippen molar-refractivity contribution in [3.8, 4) is 11.5 Å². The van der Waals surface area contributed by atoms with E-state index < -0.39 is 5.91 Å². The van der Waals surface area contributed by atoms with Crippen molar-refractivity contribution in [1.29, 1.82) is 0 Å². The monoisotopic (exact) mass is 341 g/mol. The van der Waals surface area contributed by atoms with Crippen LogP contribution in [0.4, 0.5) is 5.82 Å². The molecule has 0 atom stereocenters. The minimum atomic E-state index is -0.644. The fourth-order valence-electron chi connectivity index (χ4n) is 1.41. The van der Waals surface area contributed by atoms with Crippen LogP contribution < -0.4 is 16.2 Å².